The molecule has 0 radical (unpaired) electrons. The Balaban J connectivity index is 2.35. The SMILES string of the molecule is CCNC(=NCC(=O)Nc1cccc(F)c1)NCCCNC(=O)OC(C)(C)C. The van der Waals surface area contributed by atoms with E-state index in [1.54, 1.807) is 26.8 Å². The molecule has 0 unspecified atom stereocenters. The fraction of sp³-hybridized carbons (Fsp3) is 0.526. The van der Waals surface area contributed by atoms with Crippen LogP contribution in [0.1, 0.15) is 34.1 Å². The van der Waals surface area contributed by atoms with Gasteiger partial charge in [0.05, 0.1) is 0 Å². The van der Waals surface area contributed by atoms with Crippen LogP contribution in [0.15, 0.2) is 29.3 Å². The summed E-state index contributed by atoms with van der Waals surface area (Å²) in [4.78, 5) is 27.7. The summed E-state index contributed by atoms with van der Waals surface area (Å²) in [6.07, 6.45) is 0.196. The lowest BCUT2D eigenvalue weighted by Crippen LogP contribution is -2.39. The predicted octanol–water partition coefficient (Wildman–Crippen LogP) is 2.23. The zero-order valence-electron chi connectivity index (χ0n) is 16.9. The van der Waals surface area contributed by atoms with Gasteiger partial charge in [-0.1, -0.05) is 6.07 Å². The molecular weight excluding hydrogens is 365 g/mol. The second-order valence-corrected chi connectivity index (χ2v) is 6.96. The molecule has 156 valence electrons. The lowest BCUT2D eigenvalue weighted by molar-refractivity contribution is -0.114. The van der Waals surface area contributed by atoms with Crippen LogP contribution >= 0.6 is 0 Å². The lowest BCUT2D eigenvalue weighted by atomic mass is 10.2. The highest BCUT2D eigenvalue weighted by Gasteiger charge is 2.15. The molecule has 1 rings (SSSR count). The minimum absolute atomic E-state index is 0.109. The molecule has 8 nitrogen and oxygen atoms in total. The van der Waals surface area contributed by atoms with Gasteiger partial charge in [-0.25, -0.2) is 14.2 Å². The molecule has 0 saturated carbocycles. The van der Waals surface area contributed by atoms with Crippen molar-refractivity contribution >= 4 is 23.6 Å². The molecule has 0 aliphatic heterocycles. The number of nitrogens with zero attached hydrogens (tertiary/aromatic N) is 1. The van der Waals surface area contributed by atoms with E-state index in [0.717, 1.165) is 0 Å². The number of amides is 2. The number of guanidine groups is 1. The second-order valence-electron chi connectivity index (χ2n) is 6.96. The fourth-order valence-corrected chi connectivity index (χ4v) is 2.06. The third kappa shape index (κ3) is 11.0. The van der Waals surface area contributed by atoms with Gasteiger partial charge < -0.3 is 26.0 Å². The first-order valence-electron chi connectivity index (χ1n) is 9.24. The highest BCUT2D eigenvalue weighted by Crippen LogP contribution is 2.08. The summed E-state index contributed by atoms with van der Waals surface area (Å²) in [5, 5.41) is 11.4. The molecular formula is C19H30FN5O3. The summed E-state index contributed by atoms with van der Waals surface area (Å²) in [7, 11) is 0. The number of hydrogen-bond acceptors (Lipinski definition) is 4. The number of hydrogen-bond donors (Lipinski definition) is 4. The lowest BCUT2D eigenvalue weighted by Gasteiger charge is -2.19. The number of carbonyl (C=O) groups is 2. The number of carbonyl (C=O) groups excluding carboxylic acids is 2. The van der Waals surface area contributed by atoms with Crippen molar-refractivity contribution in [2.75, 3.05) is 31.5 Å². The van der Waals surface area contributed by atoms with Crippen molar-refractivity contribution in [1.29, 1.82) is 0 Å². The number of ether oxygens (including phenoxy) is 1. The maximum atomic E-state index is 13.1. The third-order valence-electron chi connectivity index (χ3n) is 3.15. The van der Waals surface area contributed by atoms with Gasteiger partial charge in [0.15, 0.2) is 5.96 Å². The van der Waals surface area contributed by atoms with Gasteiger partial charge in [-0.2, -0.15) is 0 Å². The molecule has 4 N–H and O–H groups in total. The van der Waals surface area contributed by atoms with Gasteiger partial charge >= 0.3 is 6.09 Å². The Bertz CT molecular complexity index is 674. The van der Waals surface area contributed by atoms with Crippen LogP contribution in [-0.4, -0.2) is 49.7 Å². The Morgan fingerprint density at radius 3 is 2.50 bits per heavy atom. The van der Waals surface area contributed by atoms with E-state index < -0.39 is 17.5 Å². The smallest absolute Gasteiger partial charge is 0.407 e. The fourth-order valence-electron chi connectivity index (χ4n) is 2.06. The highest BCUT2D eigenvalue weighted by atomic mass is 19.1. The van der Waals surface area contributed by atoms with Gasteiger partial charge in [0, 0.05) is 25.3 Å². The molecule has 9 heteroatoms. The Hall–Kier alpha value is -2.84. The monoisotopic (exact) mass is 395 g/mol. The van der Waals surface area contributed by atoms with Crippen molar-refractivity contribution in [1.82, 2.24) is 16.0 Å². The average molecular weight is 395 g/mol. The first kappa shape index (κ1) is 23.2. The van der Waals surface area contributed by atoms with Crippen molar-refractivity contribution in [2.45, 2.75) is 39.7 Å². The molecule has 0 aliphatic carbocycles. The number of halogens is 1. The van der Waals surface area contributed by atoms with Gasteiger partial charge in [-0.3, -0.25) is 4.79 Å². The van der Waals surface area contributed by atoms with Gasteiger partial charge in [0.2, 0.25) is 5.91 Å². The van der Waals surface area contributed by atoms with Crippen molar-refractivity contribution in [3.63, 3.8) is 0 Å². The van der Waals surface area contributed by atoms with Crippen LogP contribution in [0.25, 0.3) is 0 Å². The number of benzene rings is 1. The molecule has 0 fully saturated rings. The zero-order valence-corrected chi connectivity index (χ0v) is 16.9. The van der Waals surface area contributed by atoms with Crippen molar-refractivity contribution in [3.05, 3.63) is 30.1 Å². The normalized spacial score (nSPS) is 11.5. The Labute approximate surface area is 165 Å². The molecule has 28 heavy (non-hydrogen) atoms. The highest BCUT2D eigenvalue weighted by molar-refractivity contribution is 5.94. The summed E-state index contributed by atoms with van der Waals surface area (Å²) >= 11 is 0. The van der Waals surface area contributed by atoms with Crippen LogP contribution in [0.5, 0.6) is 0 Å². The standard InChI is InChI=1S/C19H30FN5O3/c1-5-21-17(22-10-7-11-23-18(27)28-19(2,3)4)24-13-16(26)25-15-9-6-8-14(20)12-15/h6,8-9,12H,5,7,10-11,13H2,1-4H3,(H,23,27)(H,25,26)(H2,21,22,24). The van der Waals surface area contributed by atoms with Crippen LogP contribution in [-0.2, 0) is 9.53 Å². The van der Waals surface area contributed by atoms with E-state index in [-0.39, 0.29) is 12.5 Å². The summed E-state index contributed by atoms with van der Waals surface area (Å²) in [5.41, 5.74) is -0.148. The van der Waals surface area contributed by atoms with Crippen LogP contribution in [0, 0.1) is 5.82 Å². The third-order valence-corrected chi connectivity index (χ3v) is 3.15. The predicted molar refractivity (Wildman–Crippen MR) is 108 cm³/mol. The molecule has 0 saturated heterocycles. The summed E-state index contributed by atoms with van der Waals surface area (Å²) in [6.45, 7) is 8.84. The molecule has 0 bridgehead atoms. The molecule has 1 aromatic rings. The Morgan fingerprint density at radius 2 is 1.86 bits per heavy atom. The Kier molecular flexibility index (Phi) is 9.76. The van der Waals surface area contributed by atoms with E-state index in [2.05, 4.69) is 26.3 Å². The second kappa shape index (κ2) is 11.8. The molecule has 0 spiro atoms. The van der Waals surface area contributed by atoms with E-state index in [0.29, 0.717) is 37.7 Å². The van der Waals surface area contributed by atoms with E-state index in [1.807, 2.05) is 6.92 Å². The molecule has 1 aromatic carbocycles. The molecule has 0 atom stereocenters. The number of anilines is 1. The minimum atomic E-state index is -0.528. The average Bonchev–Trinajstić information content (AvgIpc) is 2.57. The summed E-state index contributed by atoms with van der Waals surface area (Å²) in [6, 6.07) is 5.67. The van der Waals surface area contributed by atoms with Crippen LogP contribution < -0.4 is 21.3 Å². The van der Waals surface area contributed by atoms with E-state index in [1.165, 1.54) is 18.2 Å². The molecule has 0 aromatic heterocycles. The summed E-state index contributed by atoms with van der Waals surface area (Å²) < 4.78 is 18.3. The van der Waals surface area contributed by atoms with Gasteiger partial charge in [-0.15, -0.1) is 0 Å². The molecule has 2 amide bonds. The summed E-state index contributed by atoms with van der Waals surface area (Å²) in [5.74, 6) is -0.292. The van der Waals surface area contributed by atoms with Crippen LogP contribution in [0.2, 0.25) is 0 Å². The molecule has 0 aliphatic rings. The first-order valence-corrected chi connectivity index (χ1v) is 9.24. The maximum absolute atomic E-state index is 13.1. The Morgan fingerprint density at radius 1 is 1.14 bits per heavy atom. The number of aliphatic imine (C=N–C) groups is 1. The zero-order chi connectivity index (χ0) is 21.0. The van der Waals surface area contributed by atoms with Crippen molar-refractivity contribution < 1.29 is 18.7 Å². The minimum Gasteiger partial charge on any atom is -0.444 e. The number of alkyl carbamates (subject to hydrolysis) is 1. The first-order chi connectivity index (χ1) is 13.2. The van der Waals surface area contributed by atoms with E-state index in [4.69, 9.17) is 4.74 Å². The topological polar surface area (TPSA) is 104 Å². The van der Waals surface area contributed by atoms with Crippen LogP contribution in [0.4, 0.5) is 14.9 Å². The van der Waals surface area contributed by atoms with Gasteiger partial charge in [0.1, 0.15) is 18.0 Å². The quantitative estimate of drug-likeness (QED) is 0.307. The van der Waals surface area contributed by atoms with Gasteiger partial charge in [-0.05, 0) is 52.3 Å². The van der Waals surface area contributed by atoms with Gasteiger partial charge in [0.25, 0.3) is 0 Å². The van der Waals surface area contributed by atoms with E-state index in [9.17, 15) is 14.0 Å². The number of rotatable bonds is 8. The van der Waals surface area contributed by atoms with E-state index >= 15 is 0 Å². The molecule has 0 heterocycles. The maximum Gasteiger partial charge on any atom is 0.407 e. The van der Waals surface area contributed by atoms with Crippen molar-refractivity contribution in [2.24, 2.45) is 4.99 Å². The van der Waals surface area contributed by atoms with Crippen LogP contribution in [0.3, 0.4) is 0 Å². The number of nitrogens with one attached hydrogen (secondary N) is 4. The largest absolute Gasteiger partial charge is 0.444 e. The van der Waals surface area contributed by atoms with Crippen molar-refractivity contribution in [3.8, 4) is 0 Å².